The highest BCUT2D eigenvalue weighted by Gasteiger charge is 2.38. The normalized spacial score (nSPS) is 20.9. The number of anilines is 1. The molecule has 3 aromatic heterocycles. The van der Waals surface area contributed by atoms with Gasteiger partial charge >= 0.3 is 6.18 Å². The van der Waals surface area contributed by atoms with Crippen LogP contribution in [0.5, 0.6) is 0 Å². The first-order valence-electron chi connectivity index (χ1n) is 9.32. The van der Waals surface area contributed by atoms with Crippen molar-refractivity contribution in [3.63, 3.8) is 0 Å². The molecular weight excluding hydrogens is 375 g/mol. The monoisotopic (exact) mass is 393 g/mol. The lowest BCUT2D eigenvalue weighted by Crippen LogP contribution is -2.35. The highest BCUT2D eigenvalue weighted by Crippen LogP contribution is 2.41. The molecule has 148 valence electrons. The molecule has 8 nitrogen and oxygen atoms in total. The Morgan fingerprint density at radius 2 is 1.93 bits per heavy atom. The van der Waals surface area contributed by atoms with Crippen molar-refractivity contribution in [3.05, 3.63) is 29.3 Å². The zero-order valence-corrected chi connectivity index (χ0v) is 15.1. The average Bonchev–Trinajstić information content (AvgIpc) is 3.22. The number of halogens is 3. The first-order valence-corrected chi connectivity index (χ1v) is 9.32. The van der Waals surface area contributed by atoms with Crippen LogP contribution in [0.25, 0.3) is 5.78 Å². The molecule has 1 unspecified atom stereocenters. The summed E-state index contributed by atoms with van der Waals surface area (Å²) in [6.45, 7) is 2.38. The van der Waals surface area contributed by atoms with Gasteiger partial charge in [0.1, 0.15) is 5.82 Å². The van der Waals surface area contributed by atoms with Gasteiger partial charge in [-0.3, -0.25) is 0 Å². The Bertz CT molecular complexity index is 1020. The number of alkyl halides is 3. The van der Waals surface area contributed by atoms with Crippen molar-refractivity contribution in [3.8, 4) is 0 Å². The molecule has 0 aromatic carbocycles. The van der Waals surface area contributed by atoms with Crippen LogP contribution in [0.4, 0.5) is 19.0 Å². The van der Waals surface area contributed by atoms with Crippen molar-refractivity contribution in [2.75, 3.05) is 11.4 Å². The predicted octanol–water partition coefficient (Wildman–Crippen LogP) is 3.44. The van der Waals surface area contributed by atoms with E-state index >= 15 is 0 Å². The van der Waals surface area contributed by atoms with Crippen molar-refractivity contribution in [1.82, 2.24) is 29.7 Å². The second-order valence-electron chi connectivity index (χ2n) is 7.37. The average molecular weight is 393 g/mol. The van der Waals surface area contributed by atoms with Gasteiger partial charge in [0, 0.05) is 24.2 Å². The zero-order chi connectivity index (χ0) is 19.5. The van der Waals surface area contributed by atoms with Crippen molar-refractivity contribution in [2.24, 2.45) is 0 Å². The van der Waals surface area contributed by atoms with Gasteiger partial charge in [0.2, 0.25) is 5.89 Å². The Hall–Kier alpha value is -2.72. The SMILES string of the molecule is Cc1cc(N2CCCCC2c2noc(C3CC3)n2)n2nc(C(F)(F)F)nc2n1. The lowest BCUT2D eigenvalue weighted by molar-refractivity contribution is -0.144. The van der Waals surface area contributed by atoms with Gasteiger partial charge in [0.05, 0.1) is 6.04 Å². The zero-order valence-electron chi connectivity index (χ0n) is 15.1. The largest absolute Gasteiger partial charge is 0.453 e. The molecule has 1 saturated carbocycles. The van der Waals surface area contributed by atoms with Crippen LogP contribution < -0.4 is 4.90 Å². The molecule has 1 aliphatic heterocycles. The molecule has 0 spiro atoms. The first-order chi connectivity index (χ1) is 13.4. The summed E-state index contributed by atoms with van der Waals surface area (Å²) in [5.74, 6) is 0.803. The molecule has 5 rings (SSSR count). The summed E-state index contributed by atoms with van der Waals surface area (Å²) < 4.78 is 45.9. The molecule has 3 aromatic rings. The fourth-order valence-corrected chi connectivity index (χ4v) is 3.65. The van der Waals surface area contributed by atoms with Crippen LogP contribution in [-0.4, -0.2) is 36.3 Å². The van der Waals surface area contributed by atoms with E-state index in [-0.39, 0.29) is 11.8 Å². The van der Waals surface area contributed by atoms with Crippen molar-refractivity contribution in [1.29, 1.82) is 0 Å². The summed E-state index contributed by atoms with van der Waals surface area (Å²) in [4.78, 5) is 14.2. The predicted molar refractivity (Wildman–Crippen MR) is 90.7 cm³/mol. The molecule has 4 heterocycles. The third-order valence-electron chi connectivity index (χ3n) is 5.15. The fraction of sp³-hybridized carbons (Fsp3) is 0.588. The number of hydrogen-bond donors (Lipinski definition) is 0. The number of aryl methyl sites for hydroxylation is 1. The fourth-order valence-electron chi connectivity index (χ4n) is 3.65. The molecular formula is C17H18F3N7O. The Balaban J connectivity index is 1.58. The van der Waals surface area contributed by atoms with E-state index in [1.54, 1.807) is 13.0 Å². The summed E-state index contributed by atoms with van der Waals surface area (Å²) in [6, 6.07) is 1.54. The van der Waals surface area contributed by atoms with E-state index in [4.69, 9.17) is 4.52 Å². The highest BCUT2D eigenvalue weighted by atomic mass is 19.4. The van der Waals surface area contributed by atoms with E-state index in [0.717, 1.165) is 36.6 Å². The maximum atomic E-state index is 13.1. The van der Waals surface area contributed by atoms with E-state index in [2.05, 4.69) is 25.2 Å². The van der Waals surface area contributed by atoms with Crippen LogP contribution in [0.1, 0.15) is 67.3 Å². The van der Waals surface area contributed by atoms with Crippen LogP contribution >= 0.6 is 0 Å². The molecule has 0 bridgehead atoms. The third kappa shape index (κ3) is 2.98. The molecule has 1 saturated heterocycles. The molecule has 0 N–H and O–H groups in total. The minimum Gasteiger partial charge on any atom is -0.346 e. The van der Waals surface area contributed by atoms with E-state index < -0.39 is 12.0 Å². The van der Waals surface area contributed by atoms with Crippen LogP contribution in [0.3, 0.4) is 0 Å². The summed E-state index contributed by atoms with van der Waals surface area (Å²) in [6.07, 6.45) is 0.152. The number of hydrogen-bond acceptors (Lipinski definition) is 7. The molecule has 1 aliphatic carbocycles. The smallest absolute Gasteiger partial charge is 0.346 e. The number of fused-ring (bicyclic) bond motifs is 1. The highest BCUT2D eigenvalue weighted by molar-refractivity contribution is 5.49. The van der Waals surface area contributed by atoms with Gasteiger partial charge in [0.15, 0.2) is 5.82 Å². The second-order valence-corrected chi connectivity index (χ2v) is 7.37. The molecule has 0 amide bonds. The van der Waals surface area contributed by atoms with Gasteiger partial charge in [-0.05, 0) is 39.0 Å². The van der Waals surface area contributed by atoms with Crippen LogP contribution in [0.15, 0.2) is 10.6 Å². The molecule has 0 radical (unpaired) electrons. The standard InChI is InChI=1S/C17H18F3N7O/c1-9-8-12(27-16(21-9)23-15(24-27)17(18,19)20)26-7-3-2-4-11(26)13-22-14(28-25-13)10-5-6-10/h8,10-11H,2-7H2,1H3. The molecule has 1 atom stereocenters. The second kappa shape index (κ2) is 6.14. The number of rotatable bonds is 3. The van der Waals surface area contributed by atoms with Crippen molar-refractivity contribution in [2.45, 2.75) is 57.2 Å². The minimum absolute atomic E-state index is 0.0709. The van der Waals surface area contributed by atoms with Gasteiger partial charge in [-0.25, -0.2) is 4.98 Å². The third-order valence-corrected chi connectivity index (χ3v) is 5.15. The van der Waals surface area contributed by atoms with Crippen LogP contribution in [0.2, 0.25) is 0 Å². The Morgan fingerprint density at radius 1 is 1.11 bits per heavy atom. The summed E-state index contributed by atoms with van der Waals surface area (Å²) in [5, 5.41) is 7.84. The van der Waals surface area contributed by atoms with E-state index in [1.807, 2.05) is 4.90 Å². The molecule has 28 heavy (non-hydrogen) atoms. The Kier molecular flexibility index (Phi) is 3.81. The summed E-state index contributed by atoms with van der Waals surface area (Å²) >= 11 is 0. The van der Waals surface area contributed by atoms with Gasteiger partial charge < -0.3 is 9.42 Å². The van der Waals surface area contributed by atoms with Gasteiger partial charge in [0.25, 0.3) is 11.6 Å². The Labute approximate surface area is 157 Å². The van der Waals surface area contributed by atoms with Crippen LogP contribution in [-0.2, 0) is 6.18 Å². The topological polar surface area (TPSA) is 85.2 Å². The first kappa shape index (κ1) is 17.4. The van der Waals surface area contributed by atoms with Crippen molar-refractivity contribution < 1.29 is 17.7 Å². The van der Waals surface area contributed by atoms with Crippen molar-refractivity contribution >= 4 is 11.6 Å². The molecule has 2 fully saturated rings. The maximum Gasteiger partial charge on any atom is 0.453 e. The quantitative estimate of drug-likeness (QED) is 0.674. The summed E-state index contributed by atoms with van der Waals surface area (Å²) in [7, 11) is 0. The number of piperidine rings is 1. The van der Waals surface area contributed by atoms with E-state index in [0.29, 0.717) is 35.7 Å². The lowest BCUT2D eigenvalue weighted by Gasteiger charge is -2.35. The van der Waals surface area contributed by atoms with Crippen LogP contribution in [0, 0.1) is 6.92 Å². The molecule has 11 heteroatoms. The number of nitrogens with zero attached hydrogens (tertiary/aromatic N) is 7. The maximum absolute atomic E-state index is 13.1. The van der Waals surface area contributed by atoms with E-state index in [1.165, 1.54) is 0 Å². The molecule has 2 aliphatic rings. The lowest BCUT2D eigenvalue weighted by atomic mass is 10.0. The Morgan fingerprint density at radius 3 is 2.68 bits per heavy atom. The summed E-state index contributed by atoms with van der Waals surface area (Å²) in [5.41, 5.74) is 0.569. The number of aromatic nitrogens is 6. The van der Waals surface area contributed by atoms with Gasteiger partial charge in [-0.1, -0.05) is 5.16 Å². The van der Waals surface area contributed by atoms with Gasteiger partial charge in [-0.15, -0.1) is 5.10 Å². The van der Waals surface area contributed by atoms with E-state index in [9.17, 15) is 13.2 Å². The van der Waals surface area contributed by atoms with Gasteiger partial charge in [-0.2, -0.15) is 27.7 Å². The minimum atomic E-state index is -4.63.